The average Bonchev–Trinajstić information content (AvgIpc) is 2.97. The highest BCUT2D eigenvalue weighted by Crippen LogP contribution is 2.25. The van der Waals surface area contributed by atoms with E-state index in [1.54, 1.807) is 24.3 Å². The number of anilines is 1. The first-order valence-corrected chi connectivity index (χ1v) is 7.31. The van der Waals surface area contributed by atoms with Crippen LogP contribution in [0.5, 0.6) is 0 Å². The van der Waals surface area contributed by atoms with Crippen molar-refractivity contribution in [2.24, 2.45) is 5.73 Å². The highest BCUT2D eigenvalue weighted by Gasteiger charge is 2.10. The summed E-state index contributed by atoms with van der Waals surface area (Å²) in [4.78, 5) is 10.9. The van der Waals surface area contributed by atoms with Gasteiger partial charge in [0.25, 0.3) is 0 Å². The Hall–Kier alpha value is -3.59. The van der Waals surface area contributed by atoms with Gasteiger partial charge in [-0.15, -0.1) is 0 Å². The lowest BCUT2D eigenvalue weighted by Gasteiger charge is -2.09. The topological polar surface area (TPSA) is 96.7 Å². The van der Waals surface area contributed by atoms with Gasteiger partial charge < -0.3 is 11.1 Å². The van der Waals surface area contributed by atoms with Crippen LogP contribution in [0.25, 0.3) is 16.9 Å². The lowest BCUT2D eigenvalue weighted by atomic mass is 10.1. The van der Waals surface area contributed by atoms with Crippen molar-refractivity contribution in [3.05, 3.63) is 65.9 Å². The van der Waals surface area contributed by atoms with Crippen molar-refractivity contribution in [3.63, 3.8) is 0 Å². The van der Waals surface area contributed by atoms with Gasteiger partial charge in [0.05, 0.1) is 28.7 Å². The Morgan fingerprint density at radius 1 is 1.17 bits per heavy atom. The number of carbonyl (C=O) groups is 1. The third-order valence-electron chi connectivity index (χ3n) is 3.52. The van der Waals surface area contributed by atoms with E-state index >= 15 is 0 Å². The third-order valence-corrected chi connectivity index (χ3v) is 3.52. The van der Waals surface area contributed by atoms with Gasteiger partial charge in [-0.3, -0.25) is 0 Å². The van der Waals surface area contributed by atoms with E-state index in [4.69, 9.17) is 11.0 Å². The van der Waals surface area contributed by atoms with Crippen LogP contribution in [0.15, 0.2) is 54.6 Å². The van der Waals surface area contributed by atoms with Crippen LogP contribution in [0.1, 0.15) is 11.3 Å². The van der Waals surface area contributed by atoms with Crippen LogP contribution >= 0.6 is 0 Å². The minimum absolute atomic E-state index is 0.601. The van der Waals surface area contributed by atoms with Gasteiger partial charge in [-0.05, 0) is 49.4 Å². The van der Waals surface area contributed by atoms with Gasteiger partial charge >= 0.3 is 6.03 Å². The Morgan fingerprint density at radius 2 is 1.83 bits per heavy atom. The van der Waals surface area contributed by atoms with Gasteiger partial charge in [0, 0.05) is 11.3 Å². The summed E-state index contributed by atoms with van der Waals surface area (Å²) in [6, 6.07) is 18.1. The largest absolute Gasteiger partial charge is 0.351 e. The van der Waals surface area contributed by atoms with Crippen molar-refractivity contribution in [3.8, 4) is 23.0 Å². The second-order valence-corrected chi connectivity index (χ2v) is 5.31. The maximum Gasteiger partial charge on any atom is 0.316 e. The van der Waals surface area contributed by atoms with Gasteiger partial charge in [0.2, 0.25) is 0 Å². The van der Waals surface area contributed by atoms with E-state index in [1.165, 1.54) is 0 Å². The fraction of sp³-hybridized carbons (Fsp3) is 0.0556. The zero-order valence-electron chi connectivity index (χ0n) is 13.0. The van der Waals surface area contributed by atoms with Crippen LogP contribution < -0.4 is 11.1 Å². The number of aryl methyl sites for hydroxylation is 1. The normalized spacial score (nSPS) is 10.2. The molecule has 3 N–H and O–H groups in total. The van der Waals surface area contributed by atoms with Crippen molar-refractivity contribution >= 4 is 11.7 Å². The molecule has 0 atom stereocenters. The Balaban J connectivity index is 1.99. The fourth-order valence-electron chi connectivity index (χ4n) is 2.45. The highest BCUT2D eigenvalue weighted by atomic mass is 16.2. The minimum Gasteiger partial charge on any atom is -0.351 e. The molecule has 2 aromatic carbocycles. The van der Waals surface area contributed by atoms with Crippen molar-refractivity contribution in [1.82, 2.24) is 9.78 Å². The molecule has 6 nitrogen and oxygen atoms in total. The maximum atomic E-state index is 10.9. The Bertz CT molecular complexity index is 918. The molecule has 2 amide bonds. The predicted octanol–water partition coefficient (Wildman–Crippen LogP) is 3.21. The molecule has 6 heteroatoms. The molecule has 0 unspecified atom stereocenters. The Labute approximate surface area is 139 Å². The highest BCUT2D eigenvalue weighted by molar-refractivity contribution is 5.87. The number of amides is 2. The lowest BCUT2D eigenvalue weighted by molar-refractivity contribution is 0.259. The maximum absolute atomic E-state index is 10.9. The number of nitrogens with zero attached hydrogens (tertiary/aromatic N) is 3. The van der Waals surface area contributed by atoms with E-state index < -0.39 is 6.03 Å². The molecule has 0 saturated carbocycles. The number of primary amides is 1. The molecule has 1 heterocycles. The molecule has 0 radical (unpaired) electrons. The minimum atomic E-state index is -0.601. The van der Waals surface area contributed by atoms with E-state index in [1.807, 2.05) is 41.9 Å². The molecule has 1 aromatic heterocycles. The zero-order chi connectivity index (χ0) is 17.1. The van der Waals surface area contributed by atoms with E-state index in [0.717, 1.165) is 22.6 Å². The molecule has 0 aliphatic carbocycles. The summed E-state index contributed by atoms with van der Waals surface area (Å²) >= 11 is 0. The molecule has 0 bridgehead atoms. The standard InChI is InChI=1S/C18H15N5O/c1-12-10-17(14-4-2-13(11-19)3-5-14)23(22-12)16-8-6-15(7-9-16)21-18(20)24/h2-10H,1H3,(H3,20,21,24). The first kappa shape index (κ1) is 15.3. The van der Waals surface area contributed by atoms with Crippen molar-refractivity contribution in [2.75, 3.05) is 5.32 Å². The number of hydrogen-bond acceptors (Lipinski definition) is 3. The van der Waals surface area contributed by atoms with Gasteiger partial charge in [-0.1, -0.05) is 12.1 Å². The van der Waals surface area contributed by atoms with Gasteiger partial charge in [0.1, 0.15) is 0 Å². The second kappa shape index (κ2) is 6.26. The molecule has 3 aromatic rings. The molecular formula is C18H15N5O. The van der Waals surface area contributed by atoms with Crippen LogP contribution in [0.3, 0.4) is 0 Å². The molecule has 3 rings (SSSR count). The number of rotatable bonds is 3. The number of nitriles is 1. The van der Waals surface area contributed by atoms with Crippen LogP contribution in [-0.4, -0.2) is 15.8 Å². The van der Waals surface area contributed by atoms with Crippen LogP contribution in [0.4, 0.5) is 10.5 Å². The number of benzene rings is 2. The molecule has 0 fully saturated rings. The molecule has 24 heavy (non-hydrogen) atoms. The zero-order valence-corrected chi connectivity index (χ0v) is 13.0. The van der Waals surface area contributed by atoms with E-state index in [0.29, 0.717) is 11.3 Å². The van der Waals surface area contributed by atoms with E-state index in [9.17, 15) is 4.79 Å². The van der Waals surface area contributed by atoms with Crippen molar-refractivity contribution in [1.29, 1.82) is 5.26 Å². The van der Waals surface area contributed by atoms with Crippen LogP contribution in [0.2, 0.25) is 0 Å². The van der Waals surface area contributed by atoms with Crippen LogP contribution in [0, 0.1) is 18.3 Å². The average molecular weight is 317 g/mol. The van der Waals surface area contributed by atoms with Crippen molar-refractivity contribution in [2.45, 2.75) is 6.92 Å². The SMILES string of the molecule is Cc1cc(-c2ccc(C#N)cc2)n(-c2ccc(NC(N)=O)cc2)n1. The number of nitrogens with two attached hydrogens (primary N) is 1. The quantitative estimate of drug-likeness (QED) is 0.776. The van der Waals surface area contributed by atoms with Gasteiger partial charge in [-0.25, -0.2) is 9.48 Å². The summed E-state index contributed by atoms with van der Waals surface area (Å²) in [6.07, 6.45) is 0. The first-order chi connectivity index (χ1) is 11.6. The third kappa shape index (κ3) is 3.10. The van der Waals surface area contributed by atoms with Crippen LogP contribution in [-0.2, 0) is 0 Å². The number of carbonyl (C=O) groups excluding carboxylic acids is 1. The summed E-state index contributed by atoms with van der Waals surface area (Å²) in [6.45, 7) is 1.92. The molecule has 0 spiro atoms. The lowest BCUT2D eigenvalue weighted by Crippen LogP contribution is -2.19. The molecule has 0 saturated heterocycles. The fourth-order valence-corrected chi connectivity index (χ4v) is 2.45. The number of aromatic nitrogens is 2. The molecule has 118 valence electrons. The molecule has 0 aliphatic heterocycles. The summed E-state index contributed by atoms with van der Waals surface area (Å²) in [5.41, 5.74) is 9.98. The summed E-state index contributed by atoms with van der Waals surface area (Å²) in [7, 11) is 0. The van der Waals surface area contributed by atoms with Gasteiger partial charge in [0.15, 0.2) is 0 Å². The summed E-state index contributed by atoms with van der Waals surface area (Å²) < 4.78 is 1.82. The monoisotopic (exact) mass is 317 g/mol. The van der Waals surface area contributed by atoms with Crippen molar-refractivity contribution < 1.29 is 4.79 Å². The Morgan fingerprint density at radius 3 is 2.42 bits per heavy atom. The summed E-state index contributed by atoms with van der Waals surface area (Å²) in [5.74, 6) is 0. The second-order valence-electron chi connectivity index (χ2n) is 5.31. The Kier molecular flexibility index (Phi) is 4.00. The summed E-state index contributed by atoms with van der Waals surface area (Å²) in [5, 5.41) is 16.0. The van der Waals surface area contributed by atoms with Gasteiger partial charge in [-0.2, -0.15) is 10.4 Å². The molecular weight excluding hydrogens is 302 g/mol. The van der Waals surface area contributed by atoms with E-state index in [2.05, 4.69) is 16.5 Å². The number of nitrogens with one attached hydrogen (secondary N) is 1. The number of urea groups is 1. The first-order valence-electron chi connectivity index (χ1n) is 7.31. The predicted molar refractivity (Wildman–Crippen MR) is 91.7 cm³/mol. The van der Waals surface area contributed by atoms with E-state index in [-0.39, 0.29) is 0 Å². The molecule has 0 aliphatic rings. The smallest absolute Gasteiger partial charge is 0.316 e. The number of hydrogen-bond donors (Lipinski definition) is 2.